The van der Waals surface area contributed by atoms with Gasteiger partial charge in [0.25, 0.3) is 5.91 Å². The molecule has 3 rings (SSSR count). The number of rotatable bonds is 4. The summed E-state index contributed by atoms with van der Waals surface area (Å²) in [4.78, 5) is 19.2. The van der Waals surface area contributed by atoms with Crippen LogP contribution in [-0.4, -0.2) is 34.9 Å². The topological polar surface area (TPSA) is 58.4 Å². The molecule has 22 heavy (non-hydrogen) atoms. The highest BCUT2D eigenvalue weighted by atomic mass is 16.3. The van der Waals surface area contributed by atoms with Crippen molar-refractivity contribution in [2.45, 2.75) is 31.8 Å². The van der Waals surface area contributed by atoms with E-state index < -0.39 is 0 Å². The highest BCUT2D eigenvalue weighted by Crippen LogP contribution is 2.19. The fraction of sp³-hybridized carbons (Fsp3) is 0.412. The fourth-order valence-corrected chi connectivity index (χ4v) is 2.90. The van der Waals surface area contributed by atoms with Gasteiger partial charge in [0.05, 0.1) is 24.1 Å². The van der Waals surface area contributed by atoms with Gasteiger partial charge in [-0.25, -0.2) is 0 Å². The lowest BCUT2D eigenvalue weighted by atomic mass is 10.1. The number of furan rings is 1. The van der Waals surface area contributed by atoms with Crippen LogP contribution in [0.4, 0.5) is 0 Å². The Morgan fingerprint density at radius 2 is 2.27 bits per heavy atom. The zero-order chi connectivity index (χ0) is 15.2. The number of hydrogen-bond donors (Lipinski definition) is 1. The molecular formula is C17H21N3O2. The van der Waals surface area contributed by atoms with Crippen molar-refractivity contribution in [2.24, 2.45) is 0 Å². The Morgan fingerprint density at radius 1 is 1.32 bits per heavy atom. The smallest absolute Gasteiger partial charge is 0.257 e. The van der Waals surface area contributed by atoms with Gasteiger partial charge in [-0.3, -0.25) is 9.78 Å². The molecule has 1 N–H and O–H groups in total. The molecule has 0 bridgehead atoms. The SMILES string of the molecule is O=C(c1ccoc1)N(Cc1ccccn1)C1CCCNCC1. The van der Waals surface area contributed by atoms with E-state index in [4.69, 9.17) is 4.42 Å². The van der Waals surface area contributed by atoms with Crippen LogP contribution in [0, 0.1) is 0 Å². The second-order valence-electron chi connectivity index (χ2n) is 5.60. The first kappa shape index (κ1) is 14.8. The van der Waals surface area contributed by atoms with Crippen LogP contribution >= 0.6 is 0 Å². The molecule has 0 radical (unpaired) electrons. The van der Waals surface area contributed by atoms with Crippen molar-refractivity contribution in [2.75, 3.05) is 13.1 Å². The molecule has 1 aliphatic heterocycles. The summed E-state index contributed by atoms with van der Waals surface area (Å²) >= 11 is 0. The number of pyridine rings is 1. The maximum atomic E-state index is 12.8. The zero-order valence-electron chi connectivity index (χ0n) is 12.6. The van der Waals surface area contributed by atoms with Crippen molar-refractivity contribution in [1.82, 2.24) is 15.2 Å². The maximum absolute atomic E-state index is 12.8. The van der Waals surface area contributed by atoms with Gasteiger partial charge in [-0.2, -0.15) is 0 Å². The van der Waals surface area contributed by atoms with Crippen LogP contribution in [0.3, 0.4) is 0 Å². The monoisotopic (exact) mass is 299 g/mol. The van der Waals surface area contributed by atoms with Crippen LogP contribution in [0.1, 0.15) is 35.3 Å². The first-order chi connectivity index (χ1) is 10.8. The van der Waals surface area contributed by atoms with Gasteiger partial charge in [0.1, 0.15) is 6.26 Å². The quantitative estimate of drug-likeness (QED) is 0.942. The summed E-state index contributed by atoms with van der Waals surface area (Å²) in [6.07, 6.45) is 7.90. The minimum Gasteiger partial charge on any atom is -0.472 e. The van der Waals surface area contributed by atoms with Crippen LogP contribution in [0.2, 0.25) is 0 Å². The number of nitrogens with one attached hydrogen (secondary N) is 1. The van der Waals surface area contributed by atoms with Gasteiger partial charge in [-0.1, -0.05) is 6.07 Å². The average Bonchev–Trinajstić information content (AvgIpc) is 2.96. The Labute approximate surface area is 130 Å². The normalized spacial score (nSPS) is 18.6. The Kier molecular flexibility index (Phi) is 4.85. The van der Waals surface area contributed by atoms with E-state index >= 15 is 0 Å². The Balaban J connectivity index is 1.82. The molecule has 116 valence electrons. The van der Waals surface area contributed by atoms with E-state index in [2.05, 4.69) is 10.3 Å². The third-order valence-electron chi connectivity index (χ3n) is 4.07. The van der Waals surface area contributed by atoms with Crippen molar-refractivity contribution in [3.63, 3.8) is 0 Å². The van der Waals surface area contributed by atoms with Gasteiger partial charge in [0.2, 0.25) is 0 Å². The summed E-state index contributed by atoms with van der Waals surface area (Å²) in [6, 6.07) is 7.77. The van der Waals surface area contributed by atoms with E-state index in [-0.39, 0.29) is 11.9 Å². The molecule has 3 heterocycles. The highest BCUT2D eigenvalue weighted by Gasteiger charge is 2.26. The second kappa shape index (κ2) is 7.22. The lowest BCUT2D eigenvalue weighted by Gasteiger charge is -2.30. The van der Waals surface area contributed by atoms with Crippen molar-refractivity contribution in [1.29, 1.82) is 0 Å². The summed E-state index contributed by atoms with van der Waals surface area (Å²) in [5.41, 5.74) is 1.52. The van der Waals surface area contributed by atoms with Gasteiger partial charge < -0.3 is 14.6 Å². The zero-order valence-corrected chi connectivity index (χ0v) is 12.6. The van der Waals surface area contributed by atoms with Gasteiger partial charge in [0.15, 0.2) is 0 Å². The van der Waals surface area contributed by atoms with E-state index in [0.717, 1.165) is 38.0 Å². The van der Waals surface area contributed by atoms with Crippen LogP contribution < -0.4 is 5.32 Å². The number of nitrogens with zero attached hydrogens (tertiary/aromatic N) is 2. The molecule has 5 nitrogen and oxygen atoms in total. The molecule has 0 spiro atoms. The molecule has 0 aliphatic carbocycles. The summed E-state index contributed by atoms with van der Waals surface area (Å²) in [5.74, 6) is 0.0197. The Hall–Kier alpha value is -2.14. The molecule has 1 unspecified atom stereocenters. The Morgan fingerprint density at radius 3 is 3.05 bits per heavy atom. The third-order valence-corrected chi connectivity index (χ3v) is 4.07. The number of carbonyl (C=O) groups is 1. The largest absolute Gasteiger partial charge is 0.472 e. The average molecular weight is 299 g/mol. The lowest BCUT2D eigenvalue weighted by molar-refractivity contribution is 0.0641. The minimum atomic E-state index is 0.0197. The van der Waals surface area contributed by atoms with Crippen molar-refractivity contribution < 1.29 is 9.21 Å². The van der Waals surface area contributed by atoms with Crippen molar-refractivity contribution >= 4 is 5.91 Å². The molecule has 2 aromatic rings. The maximum Gasteiger partial charge on any atom is 0.257 e. The predicted molar refractivity (Wildman–Crippen MR) is 83.3 cm³/mol. The van der Waals surface area contributed by atoms with Crippen LogP contribution in [0.5, 0.6) is 0 Å². The van der Waals surface area contributed by atoms with Crippen LogP contribution in [0.15, 0.2) is 47.4 Å². The molecule has 1 amide bonds. The number of hydrogen-bond acceptors (Lipinski definition) is 4. The molecule has 1 atom stereocenters. The first-order valence-corrected chi connectivity index (χ1v) is 7.78. The van der Waals surface area contributed by atoms with E-state index in [0.29, 0.717) is 12.1 Å². The summed E-state index contributed by atoms with van der Waals surface area (Å²) in [6.45, 7) is 2.51. The van der Waals surface area contributed by atoms with Gasteiger partial charge in [-0.05, 0) is 50.6 Å². The minimum absolute atomic E-state index is 0.0197. The molecule has 5 heteroatoms. The fourth-order valence-electron chi connectivity index (χ4n) is 2.90. The van der Waals surface area contributed by atoms with Crippen molar-refractivity contribution in [3.8, 4) is 0 Å². The van der Waals surface area contributed by atoms with E-state index in [1.807, 2.05) is 23.1 Å². The number of carbonyl (C=O) groups excluding carboxylic acids is 1. The molecule has 1 fully saturated rings. The van der Waals surface area contributed by atoms with Gasteiger partial charge in [0, 0.05) is 12.2 Å². The van der Waals surface area contributed by atoms with E-state index in [1.165, 1.54) is 6.26 Å². The standard InChI is InChI=1S/C17H21N3O2/c21-17(14-7-11-22-13-14)20(12-15-4-1-2-9-19-15)16-5-3-8-18-10-6-16/h1-2,4,7,9,11,13,16,18H,3,5-6,8,10,12H2. The van der Waals surface area contributed by atoms with Gasteiger partial charge in [-0.15, -0.1) is 0 Å². The van der Waals surface area contributed by atoms with E-state index in [1.54, 1.807) is 18.5 Å². The lowest BCUT2D eigenvalue weighted by Crippen LogP contribution is -2.40. The molecule has 1 saturated heterocycles. The van der Waals surface area contributed by atoms with Gasteiger partial charge >= 0.3 is 0 Å². The van der Waals surface area contributed by atoms with E-state index in [9.17, 15) is 4.79 Å². The molecular weight excluding hydrogens is 278 g/mol. The second-order valence-corrected chi connectivity index (χ2v) is 5.60. The number of amides is 1. The van der Waals surface area contributed by atoms with Crippen molar-refractivity contribution in [3.05, 3.63) is 54.2 Å². The summed E-state index contributed by atoms with van der Waals surface area (Å²) in [7, 11) is 0. The van der Waals surface area contributed by atoms with Crippen LogP contribution in [0.25, 0.3) is 0 Å². The predicted octanol–water partition coefficient (Wildman–Crippen LogP) is 2.46. The Bertz CT molecular complexity index is 575. The third kappa shape index (κ3) is 3.54. The van der Waals surface area contributed by atoms with Crippen LogP contribution in [-0.2, 0) is 6.54 Å². The molecule has 0 aromatic carbocycles. The molecule has 2 aromatic heterocycles. The summed E-state index contributed by atoms with van der Waals surface area (Å²) < 4.78 is 5.07. The highest BCUT2D eigenvalue weighted by molar-refractivity contribution is 5.94. The molecule has 1 aliphatic rings. The summed E-state index contributed by atoms with van der Waals surface area (Å²) in [5, 5.41) is 3.40. The first-order valence-electron chi connectivity index (χ1n) is 7.78. The number of aromatic nitrogens is 1. The molecule has 0 saturated carbocycles.